The van der Waals surface area contributed by atoms with Crippen molar-refractivity contribution in [2.75, 3.05) is 32.2 Å². The Bertz CT molecular complexity index is 470. The van der Waals surface area contributed by atoms with Gasteiger partial charge in [-0.3, -0.25) is 15.6 Å². The molecule has 1 aromatic rings. The average molecular weight is 278 g/mol. The minimum Gasteiger partial charge on any atom is -0.384 e. The summed E-state index contributed by atoms with van der Waals surface area (Å²) in [5, 5.41) is 0. The van der Waals surface area contributed by atoms with Gasteiger partial charge in [0.15, 0.2) is 0 Å². The quantitative estimate of drug-likeness (QED) is 0.638. The number of aromatic nitrogens is 1. The Morgan fingerprint density at radius 2 is 2.25 bits per heavy atom. The van der Waals surface area contributed by atoms with Gasteiger partial charge in [-0.2, -0.15) is 0 Å². The first kappa shape index (κ1) is 14.7. The number of nitrogen functional groups attached to an aromatic ring is 1. The molecule has 0 bridgehead atoms. The van der Waals surface area contributed by atoms with Crippen LogP contribution in [-0.4, -0.2) is 42.6 Å². The van der Waals surface area contributed by atoms with Crippen LogP contribution in [0.2, 0.25) is 0 Å². The molecule has 1 amide bonds. The summed E-state index contributed by atoms with van der Waals surface area (Å²) < 4.78 is 5.17. The van der Waals surface area contributed by atoms with E-state index in [0.717, 1.165) is 38.2 Å². The second kappa shape index (κ2) is 6.67. The van der Waals surface area contributed by atoms with Crippen LogP contribution in [0.15, 0.2) is 12.3 Å². The van der Waals surface area contributed by atoms with Gasteiger partial charge in [0, 0.05) is 38.7 Å². The second-order valence-corrected chi connectivity index (χ2v) is 5.21. The van der Waals surface area contributed by atoms with E-state index in [0.29, 0.717) is 17.2 Å². The number of likely N-dealkylation sites (tertiary alicyclic amines) is 1. The van der Waals surface area contributed by atoms with Crippen LogP contribution in [0.5, 0.6) is 0 Å². The Labute approximate surface area is 119 Å². The maximum absolute atomic E-state index is 12.5. The number of amides is 1. The molecule has 0 aromatic carbocycles. The molecule has 20 heavy (non-hydrogen) atoms. The monoisotopic (exact) mass is 278 g/mol. The van der Waals surface area contributed by atoms with E-state index in [2.05, 4.69) is 10.4 Å². The zero-order valence-corrected chi connectivity index (χ0v) is 12.1. The maximum Gasteiger partial charge on any atom is 0.257 e. The third kappa shape index (κ3) is 3.26. The van der Waals surface area contributed by atoms with Crippen LogP contribution < -0.4 is 11.3 Å². The molecule has 3 N–H and O–H groups in total. The minimum atomic E-state index is -0.0127. The average Bonchev–Trinajstić information content (AvgIpc) is 2.47. The highest BCUT2D eigenvalue weighted by Gasteiger charge is 2.25. The number of aryl methyl sites for hydroxylation is 1. The Hall–Kier alpha value is -1.66. The summed E-state index contributed by atoms with van der Waals surface area (Å²) >= 11 is 0. The van der Waals surface area contributed by atoms with E-state index < -0.39 is 0 Å². The summed E-state index contributed by atoms with van der Waals surface area (Å²) in [5.41, 5.74) is 4.56. The van der Waals surface area contributed by atoms with Crippen LogP contribution in [0.3, 0.4) is 0 Å². The van der Waals surface area contributed by atoms with Crippen LogP contribution >= 0.6 is 0 Å². The van der Waals surface area contributed by atoms with Crippen molar-refractivity contribution in [2.24, 2.45) is 11.8 Å². The molecular weight excluding hydrogens is 256 g/mol. The molecule has 0 unspecified atom stereocenters. The molecule has 6 nitrogen and oxygen atoms in total. The molecule has 0 aliphatic carbocycles. The molecular formula is C14H22N4O2. The van der Waals surface area contributed by atoms with E-state index >= 15 is 0 Å². The largest absolute Gasteiger partial charge is 0.384 e. The molecule has 0 saturated carbocycles. The molecule has 2 heterocycles. The lowest BCUT2D eigenvalue weighted by atomic mass is 9.97. The van der Waals surface area contributed by atoms with Crippen LogP contribution in [0.1, 0.15) is 28.9 Å². The highest BCUT2D eigenvalue weighted by atomic mass is 16.5. The molecule has 2 rings (SSSR count). The number of carbonyl (C=O) groups excluding carboxylic acids is 1. The fourth-order valence-electron chi connectivity index (χ4n) is 2.56. The molecule has 0 atom stereocenters. The molecule has 1 aliphatic rings. The van der Waals surface area contributed by atoms with Crippen molar-refractivity contribution in [1.29, 1.82) is 0 Å². The number of carbonyl (C=O) groups is 1. The first-order chi connectivity index (χ1) is 9.65. The molecule has 0 spiro atoms. The van der Waals surface area contributed by atoms with E-state index in [-0.39, 0.29) is 5.91 Å². The molecule has 1 fully saturated rings. The van der Waals surface area contributed by atoms with Crippen LogP contribution in [0.4, 0.5) is 5.69 Å². The lowest BCUT2D eigenvalue weighted by Gasteiger charge is -2.32. The minimum absolute atomic E-state index is 0.0127. The number of rotatable bonds is 4. The molecule has 6 heteroatoms. The van der Waals surface area contributed by atoms with Crippen LogP contribution in [0, 0.1) is 12.8 Å². The number of anilines is 1. The van der Waals surface area contributed by atoms with Crippen molar-refractivity contribution in [3.63, 3.8) is 0 Å². The third-order valence-electron chi connectivity index (χ3n) is 3.73. The SMILES string of the molecule is COCC1CCN(C(=O)c2cnc(C)cc2NN)CC1. The summed E-state index contributed by atoms with van der Waals surface area (Å²) in [6.07, 6.45) is 3.54. The standard InChI is InChI=1S/C14H22N4O2/c1-10-7-13(17-15)12(8-16-10)14(19)18-5-3-11(4-6-18)9-20-2/h7-8,11H,3-6,9,15H2,1-2H3,(H,16,17). The predicted octanol–water partition coefficient (Wildman–Crippen LogP) is 1.17. The number of hydrogen-bond acceptors (Lipinski definition) is 5. The van der Waals surface area contributed by atoms with Gasteiger partial charge >= 0.3 is 0 Å². The molecule has 1 aromatic heterocycles. The number of nitrogens with one attached hydrogen (secondary N) is 1. The summed E-state index contributed by atoms with van der Waals surface area (Å²) in [6.45, 7) is 4.14. The van der Waals surface area contributed by atoms with E-state index in [1.54, 1.807) is 19.4 Å². The maximum atomic E-state index is 12.5. The number of piperidine rings is 1. The Morgan fingerprint density at radius 1 is 1.55 bits per heavy atom. The number of methoxy groups -OCH3 is 1. The van der Waals surface area contributed by atoms with Crippen molar-refractivity contribution >= 4 is 11.6 Å². The number of hydrogen-bond donors (Lipinski definition) is 2. The van der Waals surface area contributed by atoms with Crippen molar-refractivity contribution < 1.29 is 9.53 Å². The predicted molar refractivity (Wildman–Crippen MR) is 77.3 cm³/mol. The third-order valence-corrected chi connectivity index (χ3v) is 3.73. The lowest BCUT2D eigenvalue weighted by molar-refractivity contribution is 0.0614. The van der Waals surface area contributed by atoms with Gasteiger partial charge in [0.1, 0.15) is 0 Å². The van der Waals surface area contributed by atoms with Gasteiger partial charge in [-0.15, -0.1) is 0 Å². The molecule has 1 aliphatic heterocycles. The summed E-state index contributed by atoms with van der Waals surface area (Å²) in [6, 6.07) is 1.78. The van der Waals surface area contributed by atoms with Gasteiger partial charge in [-0.25, -0.2) is 0 Å². The van der Waals surface area contributed by atoms with Crippen molar-refractivity contribution in [1.82, 2.24) is 9.88 Å². The van der Waals surface area contributed by atoms with Crippen LogP contribution in [0.25, 0.3) is 0 Å². The fraction of sp³-hybridized carbons (Fsp3) is 0.571. The van der Waals surface area contributed by atoms with Gasteiger partial charge in [0.2, 0.25) is 0 Å². The van der Waals surface area contributed by atoms with Gasteiger partial charge in [-0.05, 0) is 31.7 Å². The number of nitrogens with two attached hydrogens (primary N) is 1. The highest BCUT2D eigenvalue weighted by Crippen LogP contribution is 2.22. The van der Waals surface area contributed by atoms with Crippen molar-refractivity contribution in [3.05, 3.63) is 23.5 Å². The number of pyridine rings is 1. The van der Waals surface area contributed by atoms with Gasteiger partial charge in [-0.1, -0.05) is 0 Å². The smallest absolute Gasteiger partial charge is 0.257 e. The molecule has 110 valence electrons. The van der Waals surface area contributed by atoms with E-state index in [1.807, 2.05) is 11.8 Å². The number of hydrazine groups is 1. The molecule has 1 saturated heterocycles. The lowest BCUT2D eigenvalue weighted by Crippen LogP contribution is -2.39. The highest BCUT2D eigenvalue weighted by molar-refractivity contribution is 5.99. The Morgan fingerprint density at radius 3 is 2.85 bits per heavy atom. The number of nitrogens with zero attached hydrogens (tertiary/aromatic N) is 2. The van der Waals surface area contributed by atoms with Crippen molar-refractivity contribution in [2.45, 2.75) is 19.8 Å². The zero-order chi connectivity index (χ0) is 14.5. The fourth-order valence-corrected chi connectivity index (χ4v) is 2.56. The van der Waals surface area contributed by atoms with E-state index in [4.69, 9.17) is 10.6 Å². The zero-order valence-electron chi connectivity index (χ0n) is 12.1. The summed E-state index contributed by atoms with van der Waals surface area (Å²) in [7, 11) is 1.72. The van der Waals surface area contributed by atoms with Gasteiger partial charge < -0.3 is 15.1 Å². The topological polar surface area (TPSA) is 80.5 Å². The van der Waals surface area contributed by atoms with Crippen molar-refractivity contribution in [3.8, 4) is 0 Å². The van der Waals surface area contributed by atoms with E-state index in [9.17, 15) is 4.79 Å². The second-order valence-electron chi connectivity index (χ2n) is 5.21. The first-order valence-electron chi connectivity index (χ1n) is 6.87. The van der Waals surface area contributed by atoms with E-state index in [1.165, 1.54) is 0 Å². The first-order valence-corrected chi connectivity index (χ1v) is 6.87. The number of ether oxygens (including phenoxy) is 1. The normalized spacial score (nSPS) is 16.2. The summed E-state index contributed by atoms with van der Waals surface area (Å²) in [5.74, 6) is 6.02. The Balaban J connectivity index is 2.05. The molecule has 0 radical (unpaired) electrons. The summed E-state index contributed by atoms with van der Waals surface area (Å²) in [4.78, 5) is 18.6. The van der Waals surface area contributed by atoms with Gasteiger partial charge in [0.25, 0.3) is 5.91 Å². The Kier molecular flexibility index (Phi) is 4.92. The van der Waals surface area contributed by atoms with Crippen LogP contribution in [-0.2, 0) is 4.74 Å². The van der Waals surface area contributed by atoms with Gasteiger partial charge in [0.05, 0.1) is 11.3 Å².